The fourth-order valence-corrected chi connectivity index (χ4v) is 4.27. The van der Waals surface area contributed by atoms with Crippen molar-refractivity contribution in [1.82, 2.24) is 0 Å². The van der Waals surface area contributed by atoms with Crippen molar-refractivity contribution in [3.63, 3.8) is 0 Å². The van der Waals surface area contributed by atoms with Gasteiger partial charge < -0.3 is 9.47 Å². The number of unbranched alkanes of at least 4 members (excludes halogenated alkanes) is 9. The topological polar surface area (TPSA) is 18.5 Å². The Kier molecular flexibility index (Phi) is 15.7. The van der Waals surface area contributed by atoms with Crippen LogP contribution in [0, 0.1) is 0 Å². The van der Waals surface area contributed by atoms with Gasteiger partial charge in [-0.1, -0.05) is 107 Å². The summed E-state index contributed by atoms with van der Waals surface area (Å²) in [5, 5.41) is 0. The van der Waals surface area contributed by atoms with Gasteiger partial charge in [-0.15, -0.1) is 0 Å². The summed E-state index contributed by atoms with van der Waals surface area (Å²) in [4.78, 5) is 0. The average molecular weight is 453 g/mol. The number of rotatable bonds is 20. The molecule has 33 heavy (non-hydrogen) atoms. The maximum absolute atomic E-state index is 5.58. The van der Waals surface area contributed by atoms with Crippen LogP contribution in [0.1, 0.15) is 95.6 Å². The Morgan fingerprint density at radius 3 is 1.42 bits per heavy atom. The van der Waals surface area contributed by atoms with E-state index in [0.717, 1.165) is 32.7 Å². The molecule has 0 aliphatic heterocycles. The summed E-state index contributed by atoms with van der Waals surface area (Å²) < 4.78 is 10.9. The second-order valence-corrected chi connectivity index (χ2v) is 9.24. The molecule has 2 aromatic carbocycles. The van der Waals surface area contributed by atoms with Crippen LogP contribution in [0.2, 0.25) is 0 Å². The quantitative estimate of drug-likeness (QED) is 0.187. The van der Waals surface area contributed by atoms with Gasteiger partial charge in [0.05, 0.1) is 13.2 Å². The molecule has 0 N–H and O–H groups in total. The predicted octanol–water partition coefficient (Wildman–Crippen LogP) is 8.80. The van der Waals surface area contributed by atoms with E-state index in [9.17, 15) is 0 Å². The summed E-state index contributed by atoms with van der Waals surface area (Å²) in [6, 6.07) is 18.4. The second kappa shape index (κ2) is 18.7. The van der Waals surface area contributed by atoms with E-state index in [0.29, 0.717) is 6.61 Å². The molecule has 0 fully saturated rings. The Labute approximate surface area is 204 Å². The molecule has 0 unspecified atom stereocenters. The molecule has 0 bridgehead atoms. The van der Waals surface area contributed by atoms with Gasteiger partial charge in [0.25, 0.3) is 0 Å². The summed E-state index contributed by atoms with van der Waals surface area (Å²) in [6.45, 7) is 7.35. The highest BCUT2D eigenvalue weighted by molar-refractivity contribution is 5.63. The van der Waals surface area contributed by atoms with Crippen LogP contribution >= 0.6 is 0 Å². The molecule has 0 aliphatic rings. The summed E-state index contributed by atoms with van der Waals surface area (Å²) in [5.41, 5.74) is 5.55. The molecule has 0 amide bonds. The predicted molar refractivity (Wildman–Crippen MR) is 143 cm³/mol. The minimum absolute atomic E-state index is 0.713. The molecule has 2 heteroatoms. The van der Waals surface area contributed by atoms with Crippen LogP contribution < -0.4 is 0 Å². The zero-order chi connectivity index (χ0) is 23.4. The Hall–Kier alpha value is -1.64. The lowest BCUT2D eigenvalue weighted by atomic mass is 9.99. The standard InChI is InChI=1S/C31H48O2/c1-3-5-6-7-8-9-10-12-15-28-17-21-30(22-18-28)31-23-19-29(20-24-31)16-13-11-14-25-33-27-26-32-4-2/h17-24H,3-16,25-27H2,1-2H3. The van der Waals surface area contributed by atoms with Crippen molar-refractivity contribution in [2.45, 2.75) is 97.3 Å². The van der Waals surface area contributed by atoms with Crippen LogP contribution in [0.15, 0.2) is 48.5 Å². The van der Waals surface area contributed by atoms with Gasteiger partial charge in [0.2, 0.25) is 0 Å². The molecule has 184 valence electrons. The van der Waals surface area contributed by atoms with Crippen LogP contribution in [0.3, 0.4) is 0 Å². The van der Waals surface area contributed by atoms with E-state index in [1.807, 2.05) is 6.92 Å². The van der Waals surface area contributed by atoms with Crippen molar-refractivity contribution in [2.75, 3.05) is 26.4 Å². The smallest absolute Gasteiger partial charge is 0.0700 e. The van der Waals surface area contributed by atoms with Crippen LogP contribution in [-0.4, -0.2) is 26.4 Å². The van der Waals surface area contributed by atoms with Gasteiger partial charge in [-0.05, 0) is 61.3 Å². The Morgan fingerprint density at radius 2 is 0.909 bits per heavy atom. The van der Waals surface area contributed by atoms with Crippen LogP contribution in [-0.2, 0) is 22.3 Å². The zero-order valence-corrected chi connectivity index (χ0v) is 21.5. The van der Waals surface area contributed by atoms with Gasteiger partial charge in [0.15, 0.2) is 0 Å². The first-order valence-electron chi connectivity index (χ1n) is 13.7. The van der Waals surface area contributed by atoms with Gasteiger partial charge >= 0.3 is 0 Å². The van der Waals surface area contributed by atoms with E-state index in [1.54, 1.807) is 0 Å². The van der Waals surface area contributed by atoms with Crippen molar-refractivity contribution >= 4 is 0 Å². The molecule has 0 aromatic heterocycles. The van der Waals surface area contributed by atoms with E-state index in [4.69, 9.17) is 9.47 Å². The molecule has 2 aromatic rings. The lowest BCUT2D eigenvalue weighted by molar-refractivity contribution is 0.0513. The average Bonchev–Trinajstić information content (AvgIpc) is 2.85. The SMILES string of the molecule is CCCCCCCCCCc1ccc(-c2ccc(CCCCCOCCOCC)cc2)cc1. The van der Waals surface area contributed by atoms with E-state index >= 15 is 0 Å². The lowest BCUT2D eigenvalue weighted by Crippen LogP contribution is -2.04. The number of aryl methyl sites for hydroxylation is 2. The van der Waals surface area contributed by atoms with E-state index in [-0.39, 0.29) is 0 Å². The van der Waals surface area contributed by atoms with E-state index in [1.165, 1.54) is 92.9 Å². The molecule has 0 atom stereocenters. The molecule has 2 nitrogen and oxygen atoms in total. The maximum atomic E-state index is 5.58. The molecule has 2 rings (SSSR count). The first-order chi connectivity index (χ1) is 16.3. The van der Waals surface area contributed by atoms with Gasteiger partial charge in [0.1, 0.15) is 0 Å². The molecule has 0 aliphatic carbocycles. The molecule has 0 heterocycles. The number of ether oxygens (including phenoxy) is 2. The fraction of sp³-hybridized carbons (Fsp3) is 0.613. The van der Waals surface area contributed by atoms with Crippen molar-refractivity contribution in [2.24, 2.45) is 0 Å². The highest BCUT2D eigenvalue weighted by Crippen LogP contribution is 2.22. The summed E-state index contributed by atoms with van der Waals surface area (Å²) in [7, 11) is 0. The summed E-state index contributed by atoms with van der Waals surface area (Å²) in [6.07, 6.45) is 17.0. The Bertz CT molecular complexity index is 690. The molecular weight excluding hydrogens is 404 g/mol. The van der Waals surface area contributed by atoms with Gasteiger partial charge in [-0.25, -0.2) is 0 Å². The second-order valence-electron chi connectivity index (χ2n) is 9.24. The molecule has 0 saturated heterocycles. The first kappa shape index (κ1) is 27.6. The molecular formula is C31H48O2. The molecule has 0 spiro atoms. The minimum Gasteiger partial charge on any atom is -0.379 e. The zero-order valence-electron chi connectivity index (χ0n) is 21.5. The highest BCUT2D eigenvalue weighted by Gasteiger charge is 2.01. The summed E-state index contributed by atoms with van der Waals surface area (Å²) in [5.74, 6) is 0. The van der Waals surface area contributed by atoms with Crippen molar-refractivity contribution in [3.8, 4) is 11.1 Å². The van der Waals surface area contributed by atoms with Crippen molar-refractivity contribution in [1.29, 1.82) is 0 Å². The van der Waals surface area contributed by atoms with Gasteiger partial charge in [0, 0.05) is 13.2 Å². The lowest BCUT2D eigenvalue weighted by Gasteiger charge is -2.07. The largest absolute Gasteiger partial charge is 0.379 e. The third-order valence-electron chi connectivity index (χ3n) is 6.39. The van der Waals surface area contributed by atoms with Crippen LogP contribution in [0.5, 0.6) is 0 Å². The van der Waals surface area contributed by atoms with Crippen molar-refractivity contribution < 1.29 is 9.47 Å². The molecule has 0 radical (unpaired) electrons. The van der Waals surface area contributed by atoms with Gasteiger partial charge in [-0.3, -0.25) is 0 Å². The third-order valence-corrected chi connectivity index (χ3v) is 6.39. The van der Waals surface area contributed by atoms with Crippen LogP contribution in [0.4, 0.5) is 0 Å². The Balaban J connectivity index is 1.59. The van der Waals surface area contributed by atoms with E-state index < -0.39 is 0 Å². The number of hydrogen-bond donors (Lipinski definition) is 0. The van der Waals surface area contributed by atoms with Gasteiger partial charge in [-0.2, -0.15) is 0 Å². The highest BCUT2D eigenvalue weighted by atomic mass is 16.5. The normalized spacial score (nSPS) is 11.2. The minimum atomic E-state index is 0.713. The van der Waals surface area contributed by atoms with Crippen molar-refractivity contribution in [3.05, 3.63) is 59.7 Å². The Morgan fingerprint density at radius 1 is 0.455 bits per heavy atom. The maximum Gasteiger partial charge on any atom is 0.0700 e. The summed E-state index contributed by atoms with van der Waals surface area (Å²) >= 11 is 0. The van der Waals surface area contributed by atoms with Crippen LogP contribution in [0.25, 0.3) is 11.1 Å². The number of benzene rings is 2. The van der Waals surface area contributed by atoms with E-state index in [2.05, 4.69) is 55.5 Å². The fourth-order valence-electron chi connectivity index (χ4n) is 4.27. The number of hydrogen-bond acceptors (Lipinski definition) is 2. The molecule has 0 saturated carbocycles. The monoisotopic (exact) mass is 452 g/mol. The third kappa shape index (κ3) is 13.0. The first-order valence-corrected chi connectivity index (χ1v) is 13.7.